The normalized spacial score (nSPS) is 21.9. The molecule has 96 valence electrons. The van der Waals surface area contributed by atoms with Crippen LogP contribution < -0.4 is 0 Å². The van der Waals surface area contributed by atoms with E-state index in [0.29, 0.717) is 6.04 Å². The van der Waals surface area contributed by atoms with Gasteiger partial charge in [0.2, 0.25) is 0 Å². The fraction of sp³-hybridized carbons (Fsp3) is 0.769. The van der Waals surface area contributed by atoms with Crippen molar-refractivity contribution in [1.82, 2.24) is 15.1 Å². The van der Waals surface area contributed by atoms with Crippen LogP contribution in [0.25, 0.3) is 0 Å². The van der Waals surface area contributed by atoms with Crippen LogP contribution >= 0.6 is 0 Å². The maximum atomic E-state index is 5.46. The average molecular weight is 237 g/mol. The number of aromatic nitrogens is 2. The molecule has 2 heterocycles. The largest absolute Gasteiger partial charge is 0.380 e. The van der Waals surface area contributed by atoms with Gasteiger partial charge in [-0.3, -0.25) is 10.00 Å². The topological polar surface area (TPSA) is 41.1 Å². The van der Waals surface area contributed by atoms with Gasteiger partial charge in [0, 0.05) is 13.2 Å². The van der Waals surface area contributed by atoms with E-state index in [1.807, 2.05) is 13.1 Å². The maximum absolute atomic E-state index is 5.46. The molecule has 17 heavy (non-hydrogen) atoms. The Hall–Kier alpha value is -0.870. The van der Waals surface area contributed by atoms with Crippen molar-refractivity contribution in [3.63, 3.8) is 0 Å². The van der Waals surface area contributed by atoms with Gasteiger partial charge in [0.15, 0.2) is 0 Å². The molecular weight excluding hydrogens is 214 g/mol. The zero-order chi connectivity index (χ0) is 12.1. The van der Waals surface area contributed by atoms with Crippen molar-refractivity contribution >= 4 is 0 Å². The van der Waals surface area contributed by atoms with Gasteiger partial charge in [-0.1, -0.05) is 6.42 Å². The van der Waals surface area contributed by atoms with Crippen molar-refractivity contribution in [1.29, 1.82) is 0 Å². The first-order valence-corrected chi connectivity index (χ1v) is 6.64. The molecule has 1 aliphatic rings. The molecule has 0 bridgehead atoms. The van der Waals surface area contributed by atoms with Gasteiger partial charge in [0.25, 0.3) is 0 Å². The molecular formula is C13H23N3O. The van der Waals surface area contributed by atoms with Crippen molar-refractivity contribution in [2.24, 2.45) is 0 Å². The van der Waals surface area contributed by atoms with Crippen molar-refractivity contribution in [2.75, 3.05) is 26.3 Å². The number of ether oxygens (including phenoxy) is 1. The molecule has 0 amide bonds. The Kier molecular flexibility index (Phi) is 4.57. The number of H-pyrrole nitrogens is 1. The Labute approximate surface area is 103 Å². The van der Waals surface area contributed by atoms with E-state index in [1.165, 1.54) is 37.1 Å². The molecule has 0 aliphatic carbocycles. The molecule has 1 aromatic heterocycles. The van der Waals surface area contributed by atoms with Crippen LogP contribution in [0.4, 0.5) is 0 Å². The quantitative estimate of drug-likeness (QED) is 0.799. The summed E-state index contributed by atoms with van der Waals surface area (Å²) in [6.07, 6.45) is 5.77. The van der Waals surface area contributed by atoms with Crippen molar-refractivity contribution in [2.45, 2.75) is 39.2 Å². The van der Waals surface area contributed by atoms with Gasteiger partial charge in [-0.15, -0.1) is 0 Å². The highest BCUT2D eigenvalue weighted by atomic mass is 16.5. The zero-order valence-electron chi connectivity index (χ0n) is 10.9. The molecule has 0 aromatic carbocycles. The summed E-state index contributed by atoms with van der Waals surface area (Å²) in [5.41, 5.74) is 2.57. The fourth-order valence-corrected chi connectivity index (χ4v) is 2.61. The lowest BCUT2D eigenvalue weighted by Crippen LogP contribution is -2.36. The van der Waals surface area contributed by atoms with Crippen LogP contribution in [-0.2, 0) is 4.74 Å². The second kappa shape index (κ2) is 6.17. The molecule has 1 aromatic rings. The predicted octanol–water partition coefficient (Wildman–Crippen LogP) is 2.28. The van der Waals surface area contributed by atoms with Crippen LogP contribution in [0.3, 0.4) is 0 Å². The zero-order valence-corrected chi connectivity index (χ0v) is 10.9. The number of rotatable bonds is 5. The summed E-state index contributed by atoms with van der Waals surface area (Å²) in [5.74, 6) is 0. The number of nitrogens with zero attached hydrogens (tertiary/aromatic N) is 2. The highest BCUT2D eigenvalue weighted by Gasteiger charge is 2.25. The summed E-state index contributed by atoms with van der Waals surface area (Å²) >= 11 is 0. The Morgan fingerprint density at radius 3 is 3.12 bits per heavy atom. The molecule has 1 aliphatic heterocycles. The van der Waals surface area contributed by atoms with Gasteiger partial charge < -0.3 is 4.74 Å². The predicted molar refractivity (Wildman–Crippen MR) is 68.0 cm³/mol. The SMILES string of the molecule is CCOCCN1CCCC[C@H]1c1[nH]ncc1C. The van der Waals surface area contributed by atoms with E-state index in [1.54, 1.807) is 0 Å². The Morgan fingerprint density at radius 2 is 2.41 bits per heavy atom. The van der Waals surface area contributed by atoms with Gasteiger partial charge in [-0.2, -0.15) is 5.10 Å². The van der Waals surface area contributed by atoms with Crippen LogP contribution in [0.2, 0.25) is 0 Å². The van der Waals surface area contributed by atoms with Gasteiger partial charge in [0.05, 0.1) is 24.5 Å². The Bertz CT molecular complexity index is 337. The summed E-state index contributed by atoms with van der Waals surface area (Å²) in [6, 6.07) is 0.506. The van der Waals surface area contributed by atoms with Gasteiger partial charge in [0.1, 0.15) is 0 Å². The van der Waals surface area contributed by atoms with Crippen LogP contribution in [0, 0.1) is 6.92 Å². The molecule has 4 nitrogen and oxygen atoms in total. The van der Waals surface area contributed by atoms with Crippen molar-refractivity contribution in [3.05, 3.63) is 17.5 Å². The number of piperidine rings is 1. The number of nitrogens with one attached hydrogen (secondary N) is 1. The minimum absolute atomic E-state index is 0.506. The number of aromatic amines is 1. The number of hydrogen-bond donors (Lipinski definition) is 1. The first-order valence-electron chi connectivity index (χ1n) is 6.64. The summed E-state index contributed by atoms with van der Waals surface area (Å²) in [4.78, 5) is 2.53. The molecule has 0 unspecified atom stereocenters. The maximum Gasteiger partial charge on any atom is 0.0593 e. The monoisotopic (exact) mass is 237 g/mol. The summed E-state index contributed by atoms with van der Waals surface area (Å²) in [6.45, 7) is 8.02. The third-order valence-electron chi connectivity index (χ3n) is 3.54. The van der Waals surface area contributed by atoms with E-state index in [9.17, 15) is 0 Å². The molecule has 0 saturated carbocycles. The summed E-state index contributed by atoms with van der Waals surface area (Å²) in [7, 11) is 0. The molecule has 1 atom stereocenters. The highest BCUT2D eigenvalue weighted by Crippen LogP contribution is 2.30. The van der Waals surface area contributed by atoms with E-state index >= 15 is 0 Å². The number of likely N-dealkylation sites (tertiary alicyclic amines) is 1. The van der Waals surface area contributed by atoms with Crippen LogP contribution in [0.1, 0.15) is 43.5 Å². The lowest BCUT2D eigenvalue weighted by molar-refractivity contribution is 0.0757. The van der Waals surface area contributed by atoms with Crippen LogP contribution in [0.5, 0.6) is 0 Å². The third kappa shape index (κ3) is 3.07. The minimum Gasteiger partial charge on any atom is -0.380 e. The fourth-order valence-electron chi connectivity index (χ4n) is 2.61. The first kappa shape index (κ1) is 12.6. The van der Waals surface area contributed by atoms with E-state index in [-0.39, 0.29) is 0 Å². The number of aryl methyl sites for hydroxylation is 1. The van der Waals surface area contributed by atoms with E-state index in [2.05, 4.69) is 22.0 Å². The minimum atomic E-state index is 0.506. The van der Waals surface area contributed by atoms with Crippen molar-refractivity contribution in [3.8, 4) is 0 Å². The smallest absolute Gasteiger partial charge is 0.0593 e. The molecule has 1 saturated heterocycles. The molecule has 0 radical (unpaired) electrons. The third-order valence-corrected chi connectivity index (χ3v) is 3.54. The van der Waals surface area contributed by atoms with Crippen molar-refractivity contribution < 1.29 is 4.74 Å². The second-order valence-electron chi connectivity index (χ2n) is 4.71. The molecule has 2 rings (SSSR count). The first-order chi connectivity index (χ1) is 8.33. The Morgan fingerprint density at radius 1 is 1.53 bits per heavy atom. The lowest BCUT2D eigenvalue weighted by Gasteiger charge is -2.35. The van der Waals surface area contributed by atoms with E-state index in [4.69, 9.17) is 4.74 Å². The van der Waals surface area contributed by atoms with Crippen LogP contribution in [-0.4, -0.2) is 41.4 Å². The standard InChI is InChI=1S/C13H23N3O/c1-3-17-9-8-16-7-5-4-6-12(16)13-11(2)10-14-15-13/h10,12H,3-9H2,1-2H3,(H,14,15)/t12-/m0/s1. The molecule has 0 spiro atoms. The van der Waals surface area contributed by atoms with E-state index in [0.717, 1.165) is 19.8 Å². The summed E-state index contributed by atoms with van der Waals surface area (Å²) in [5, 5.41) is 7.31. The molecule has 1 fully saturated rings. The molecule has 4 heteroatoms. The van der Waals surface area contributed by atoms with Crippen LogP contribution in [0.15, 0.2) is 6.20 Å². The summed E-state index contributed by atoms with van der Waals surface area (Å²) < 4.78 is 5.46. The highest BCUT2D eigenvalue weighted by molar-refractivity contribution is 5.18. The Balaban J connectivity index is 1.99. The lowest BCUT2D eigenvalue weighted by atomic mass is 9.97. The second-order valence-corrected chi connectivity index (χ2v) is 4.71. The molecule has 1 N–H and O–H groups in total. The van der Waals surface area contributed by atoms with Gasteiger partial charge in [-0.05, 0) is 38.8 Å². The van der Waals surface area contributed by atoms with Gasteiger partial charge in [-0.25, -0.2) is 0 Å². The van der Waals surface area contributed by atoms with E-state index < -0.39 is 0 Å². The van der Waals surface area contributed by atoms with Gasteiger partial charge >= 0.3 is 0 Å². The average Bonchev–Trinajstić information content (AvgIpc) is 2.76. The number of hydrogen-bond acceptors (Lipinski definition) is 3.